The molecule has 2 amide bonds. The Labute approximate surface area is 178 Å². The number of hydrogen-bond acceptors (Lipinski definition) is 6. The number of carbonyl (C=O) groups is 2. The second-order valence-electron chi connectivity index (χ2n) is 8.32. The standard InChI is InChI=1S/C22H32N4O4/c1-22(2,3)30-21(28)25-11-10-24-20(27)18-8-6-12-26(16-18)13-14-29-19-9-5-4-7-17(19)15-23/h4-5,7,9,18H,6,8,10-14,16H2,1-3H3,(H,24,27)(H,25,28). The molecule has 0 aromatic heterocycles. The number of likely N-dealkylation sites (tertiary alicyclic amines) is 1. The third-order valence-electron chi connectivity index (χ3n) is 4.64. The van der Waals surface area contributed by atoms with E-state index in [9.17, 15) is 9.59 Å². The fraction of sp³-hybridized carbons (Fsp3) is 0.591. The van der Waals surface area contributed by atoms with E-state index in [1.54, 1.807) is 32.9 Å². The maximum Gasteiger partial charge on any atom is 0.407 e. The molecule has 0 bridgehead atoms. The lowest BCUT2D eigenvalue weighted by Gasteiger charge is -2.31. The van der Waals surface area contributed by atoms with Crippen molar-refractivity contribution in [3.05, 3.63) is 29.8 Å². The Kier molecular flexibility index (Phi) is 8.93. The molecule has 0 spiro atoms. The number of piperidine rings is 1. The summed E-state index contributed by atoms with van der Waals surface area (Å²) >= 11 is 0. The van der Waals surface area contributed by atoms with Gasteiger partial charge in [-0.1, -0.05) is 12.1 Å². The number of benzene rings is 1. The second kappa shape index (κ2) is 11.4. The Morgan fingerprint density at radius 1 is 1.23 bits per heavy atom. The SMILES string of the molecule is CC(C)(C)OC(=O)NCCNC(=O)C1CCCN(CCOc2ccccc2C#N)C1. The third kappa shape index (κ3) is 8.29. The Hall–Kier alpha value is -2.79. The zero-order valence-corrected chi connectivity index (χ0v) is 18.1. The normalized spacial score (nSPS) is 16.9. The number of hydrogen-bond donors (Lipinski definition) is 2. The van der Waals surface area contributed by atoms with E-state index >= 15 is 0 Å². The predicted octanol–water partition coefficient (Wildman–Crippen LogP) is 2.29. The molecule has 164 valence electrons. The summed E-state index contributed by atoms with van der Waals surface area (Å²) in [6.45, 7) is 8.85. The van der Waals surface area contributed by atoms with E-state index in [0.717, 1.165) is 19.4 Å². The predicted molar refractivity (Wildman–Crippen MR) is 113 cm³/mol. The van der Waals surface area contributed by atoms with Crippen LogP contribution in [0.2, 0.25) is 0 Å². The first-order valence-corrected chi connectivity index (χ1v) is 10.4. The Bertz CT molecular complexity index is 754. The lowest BCUT2D eigenvalue weighted by molar-refractivity contribution is -0.126. The minimum Gasteiger partial charge on any atom is -0.491 e. The van der Waals surface area contributed by atoms with Gasteiger partial charge in [0.25, 0.3) is 0 Å². The Morgan fingerprint density at radius 2 is 1.97 bits per heavy atom. The van der Waals surface area contributed by atoms with Gasteiger partial charge in [-0.15, -0.1) is 0 Å². The summed E-state index contributed by atoms with van der Waals surface area (Å²) in [5.41, 5.74) is -0.0207. The molecule has 1 aromatic rings. The maximum absolute atomic E-state index is 12.4. The largest absolute Gasteiger partial charge is 0.491 e. The van der Waals surface area contributed by atoms with Crippen LogP contribution in [-0.4, -0.2) is 61.8 Å². The first-order chi connectivity index (χ1) is 14.3. The number of carbonyl (C=O) groups excluding carboxylic acids is 2. The molecule has 0 aliphatic carbocycles. The van der Waals surface area contributed by atoms with E-state index in [2.05, 4.69) is 21.6 Å². The average molecular weight is 417 g/mol. The zero-order valence-electron chi connectivity index (χ0n) is 18.1. The molecule has 1 heterocycles. The molecule has 2 N–H and O–H groups in total. The molecule has 1 aliphatic rings. The lowest BCUT2D eigenvalue weighted by atomic mass is 9.97. The number of para-hydroxylation sites is 1. The highest BCUT2D eigenvalue weighted by Crippen LogP contribution is 2.18. The van der Waals surface area contributed by atoms with Crippen LogP contribution in [0.4, 0.5) is 4.79 Å². The first kappa shape index (κ1) is 23.5. The topological polar surface area (TPSA) is 104 Å². The molecule has 8 heteroatoms. The highest BCUT2D eigenvalue weighted by molar-refractivity contribution is 5.79. The smallest absolute Gasteiger partial charge is 0.407 e. The van der Waals surface area contributed by atoms with Crippen molar-refractivity contribution in [2.24, 2.45) is 5.92 Å². The number of ether oxygens (including phenoxy) is 2. The van der Waals surface area contributed by atoms with Crippen molar-refractivity contribution in [3.8, 4) is 11.8 Å². The van der Waals surface area contributed by atoms with Crippen molar-refractivity contribution < 1.29 is 19.1 Å². The molecule has 0 radical (unpaired) electrons. The summed E-state index contributed by atoms with van der Waals surface area (Å²) in [6.07, 6.45) is 1.31. The summed E-state index contributed by atoms with van der Waals surface area (Å²) in [5.74, 6) is 0.511. The zero-order chi connectivity index (χ0) is 22.0. The van der Waals surface area contributed by atoms with Crippen LogP contribution in [0.1, 0.15) is 39.2 Å². The molecular formula is C22H32N4O4. The number of nitrogens with one attached hydrogen (secondary N) is 2. The summed E-state index contributed by atoms with van der Waals surface area (Å²) in [7, 11) is 0. The minimum absolute atomic E-state index is 0.00133. The highest BCUT2D eigenvalue weighted by Gasteiger charge is 2.25. The van der Waals surface area contributed by atoms with Gasteiger partial charge in [0.15, 0.2) is 0 Å². The fourth-order valence-corrected chi connectivity index (χ4v) is 3.25. The van der Waals surface area contributed by atoms with Crippen molar-refractivity contribution >= 4 is 12.0 Å². The van der Waals surface area contributed by atoms with Gasteiger partial charge in [-0.2, -0.15) is 5.26 Å². The van der Waals surface area contributed by atoms with Gasteiger partial charge in [0.05, 0.1) is 11.5 Å². The minimum atomic E-state index is -0.542. The van der Waals surface area contributed by atoms with Crippen LogP contribution in [0.15, 0.2) is 24.3 Å². The number of rotatable bonds is 8. The van der Waals surface area contributed by atoms with Crippen LogP contribution < -0.4 is 15.4 Å². The van der Waals surface area contributed by atoms with E-state index < -0.39 is 11.7 Å². The maximum atomic E-state index is 12.4. The molecule has 8 nitrogen and oxygen atoms in total. The third-order valence-corrected chi connectivity index (χ3v) is 4.64. The first-order valence-electron chi connectivity index (χ1n) is 10.4. The van der Waals surface area contributed by atoms with Crippen molar-refractivity contribution in [1.29, 1.82) is 5.26 Å². The van der Waals surface area contributed by atoms with Crippen molar-refractivity contribution in [1.82, 2.24) is 15.5 Å². The summed E-state index contributed by atoms with van der Waals surface area (Å²) in [5, 5.41) is 14.6. The highest BCUT2D eigenvalue weighted by atomic mass is 16.6. The molecular weight excluding hydrogens is 384 g/mol. The van der Waals surface area contributed by atoms with Crippen LogP contribution in [-0.2, 0) is 9.53 Å². The van der Waals surface area contributed by atoms with Crippen LogP contribution in [0.25, 0.3) is 0 Å². The number of amides is 2. The van der Waals surface area contributed by atoms with Crippen LogP contribution in [0.5, 0.6) is 5.75 Å². The number of alkyl carbamates (subject to hydrolysis) is 1. The molecule has 1 saturated heterocycles. The van der Waals surface area contributed by atoms with Crippen LogP contribution in [0.3, 0.4) is 0 Å². The summed E-state index contributed by atoms with van der Waals surface area (Å²) in [6, 6.07) is 9.29. The Morgan fingerprint density at radius 3 is 2.70 bits per heavy atom. The van der Waals surface area contributed by atoms with Gasteiger partial charge in [0, 0.05) is 26.2 Å². The van der Waals surface area contributed by atoms with E-state index in [0.29, 0.717) is 44.1 Å². The van der Waals surface area contributed by atoms with Crippen LogP contribution in [0, 0.1) is 17.2 Å². The Balaban J connectivity index is 1.67. The van der Waals surface area contributed by atoms with Gasteiger partial charge in [-0.3, -0.25) is 9.69 Å². The van der Waals surface area contributed by atoms with Crippen LogP contribution >= 0.6 is 0 Å². The molecule has 1 unspecified atom stereocenters. The number of nitriles is 1. The van der Waals surface area contributed by atoms with E-state index in [-0.39, 0.29) is 11.8 Å². The molecule has 1 aliphatic heterocycles. The van der Waals surface area contributed by atoms with E-state index in [1.807, 2.05) is 12.1 Å². The molecule has 1 aromatic carbocycles. The van der Waals surface area contributed by atoms with Gasteiger partial charge in [0.1, 0.15) is 24.0 Å². The van der Waals surface area contributed by atoms with Gasteiger partial charge in [-0.05, 0) is 52.3 Å². The fourth-order valence-electron chi connectivity index (χ4n) is 3.25. The molecule has 2 rings (SSSR count). The lowest BCUT2D eigenvalue weighted by Crippen LogP contribution is -2.45. The monoisotopic (exact) mass is 416 g/mol. The van der Waals surface area contributed by atoms with Gasteiger partial charge >= 0.3 is 6.09 Å². The van der Waals surface area contributed by atoms with Crippen molar-refractivity contribution in [2.75, 3.05) is 39.3 Å². The summed E-state index contributed by atoms with van der Waals surface area (Å²) in [4.78, 5) is 26.3. The van der Waals surface area contributed by atoms with Gasteiger partial charge in [-0.25, -0.2) is 4.79 Å². The molecule has 0 saturated carbocycles. The van der Waals surface area contributed by atoms with Gasteiger partial charge in [0.2, 0.25) is 5.91 Å². The molecule has 1 atom stereocenters. The van der Waals surface area contributed by atoms with Crippen molar-refractivity contribution in [2.45, 2.75) is 39.2 Å². The van der Waals surface area contributed by atoms with E-state index in [4.69, 9.17) is 14.7 Å². The average Bonchev–Trinajstić information content (AvgIpc) is 2.70. The molecule has 30 heavy (non-hydrogen) atoms. The summed E-state index contributed by atoms with van der Waals surface area (Å²) < 4.78 is 10.9. The number of nitrogens with zero attached hydrogens (tertiary/aromatic N) is 2. The molecule has 1 fully saturated rings. The quantitative estimate of drug-likeness (QED) is 0.630. The van der Waals surface area contributed by atoms with Crippen molar-refractivity contribution in [3.63, 3.8) is 0 Å². The second-order valence-corrected chi connectivity index (χ2v) is 8.32. The van der Waals surface area contributed by atoms with E-state index in [1.165, 1.54) is 0 Å². The van der Waals surface area contributed by atoms with Gasteiger partial charge < -0.3 is 20.1 Å².